The van der Waals surface area contributed by atoms with Gasteiger partial charge in [-0.25, -0.2) is 29.9 Å². The molecule has 62 heavy (non-hydrogen) atoms. The van der Waals surface area contributed by atoms with Crippen LogP contribution in [0.1, 0.15) is 47.6 Å². The smallest absolute Gasteiger partial charge is 0.166 e. The van der Waals surface area contributed by atoms with E-state index in [1.54, 1.807) is 12.7 Å². The highest BCUT2D eigenvalue weighted by molar-refractivity contribution is 5.95. The Bertz CT molecular complexity index is 2600. The zero-order valence-electron chi connectivity index (χ0n) is 34.9. The highest BCUT2D eigenvalue weighted by Gasteiger charge is 2.41. The minimum Gasteiger partial charge on any atom is -0.491 e. The Labute approximate surface area is 358 Å². The molecule has 0 N–H and O–H groups in total. The lowest BCUT2D eigenvalue weighted by atomic mass is 10.1. The molecule has 4 aromatic heterocycles. The molecule has 2 aliphatic rings. The van der Waals surface area contributed by atoms with Crippen LogP contribution in [-0.4, -0.2) is 76.7 Å². The third-order valence-corrected chi connectivity index (χ3v) is 11.4. The maximum Gasteiger partial charge on any atom is 0.166 e. The molecule has 2 aliphatic heterocycles. The lowest BCUT2D eigenvalue weighted by Gasteiger charge is -2.20. The average molecular weight is 831 g/mol. The second kappa shape index (κ2) is 16.9. The number of hydrogen-bond donors (Lipinski definition) is 0. The predicted octanol–water partition coefficient (Wildman–Crippen LogP) is 8.49. The monoisotopic (exact) mass is 830 g/mol. The first kappa shape index (κ1) is 39.2. The Balaban J connectivity index is 0.914. The van der Waals surface area contributed by atoms with Crippen LogP contribution in [0, 0.1) is 27.7 Å². The molecular weight excluding hydrogens is 785 g/mol. The fourth-order valence-corrected chi connectivity index (χ4v) is 7.97. The summed E-state index contributed by atoms with van der Waals surface area (Å²) in [7, 11) is 0. The number of fused-ring (bicyclic) bond motifs is 2. The lowest BCUT2D eigenvalue weighted by Crippen LogP contribution is -2.32. The van der Waals surface area contributed by atoms with Crippen molar-refractivity contribution in [3.05, 3.63) is 145 Å². The van der Waals surface area contributed by atoms with Crippen LogP contribution in [0.5, 0.6) is 23.0 Å². The third kappa shape index (κ3) is 8.14. The summed E-state index contributed by atoms with van der Waals surface area (Å²) >= 11 is 0. The molecule has 14 nitrogen and oxygen atoms in total. The van der Waals surface area contributed by atoms with Gasteiger partial charge in [0.05, 0.1) is 12.7 Å². The number of hydrogen-bond acceptors (Lipinski definition) is 12. The van der Waals surface area contributed by atoms with E-state index in [0.29, 0.717) is 59.8 Å². The first-order valence-corrected chi connectivity index (χ1v) is 20.8. The van der Waals surface area contributed by atoms with Crippen molar-refractivity contribution in [2.75, 3.05) is 13.2 Å². The average Bonchev–Trinajstić information content (AvgIpc) is 4.10. The highest BCUT2D eigenvalue weighted by Crippen LogP contribution is 2.38. The van der Waals surface area contributed by atoms with Gasteiger partial charge in [-0.05, 0) is 76.2 Å². The van der Waals surface area contributed by atoms with Gasteiger partial charge in [-0.1, -0.05) is 70.8 Å². The third-order valence-electron chi connectivity index (χ3n) is 11.4. The summed E-state index contributed by atoms with van der Waals surface area (Å²) in [5, 5.41) is 0. The Morgan fingerprint density at radius 1 is 0.468 bits per heavy atom. The van der Waals surface area contributed by atoms with Gasteiger partial charge < -0.3 is 28.4 Å². The van der Waals surface area contributed by atoms with Gasteiger partial charge in [-0.3, -0.25) is 9.13 Å². The van der Waals surface area contributed by atoms with Crippen molar-refractivity contribution in [2.24, 2.45) is 0 Å². The van der Waals surface area contributed by atoms with Crippen molar-refractivity contribution in [3.8, 4) is 34.4 Å². The molecule has 2 saturated heterocycles. The van der Waals surface area contributed by atoms with E-state index in [0.717, 1.165) is 45.3 Å². The number of rotatable bonds is 13. The largest absolute Gasteiger partial charge is 0.491 e. The fraction of sp³-hybridized carbons (Fsp3) is 0.292. The van der Waals surface area contributed by atoms with Gasteiger partial charge in [-0.2, -0.15) is 0 Å². The maximum absolute atomic E-state index is 6.69. The van der Waals surface area contributed by atoms with E-state index >= 15 is 0 Å². The normalized spacial score (nSPS) is 21.1. The Kier molecular flexibility index (Phi) is 10.7. The zero-order chi connectivity index (χ0) is 42.2. The van der Waals surface area contributed by atoms with Crippen molar-refractivity contribution in [2.45, 2.75) is 77.4 Å². The van der Waals surface area contributed by atoms with Gasteiger partial charge in [0.1, 0.15) is 108 Å². The Morgan fingerprint density at radius 3 is 1.19 bits per heavy atom. The van der Waals surface area contributed by atoms with Crippen molar-refractivity contribution in [1.82, 2.24) is 39.0 Å². The molecule has 0 spiro atoms. The standard InChI is InChI=1S/C48H46N8O6/c1-29-5-13-33(14-6-29)57-23-39-37(59-35-17-9-31(3)10-18-35)21-41(61-39)55-27-53-45-43(49-25-51-47(45)55)44-46-48(52-26-50-44)56(28-54-46)42-22-38(60-36-19-11-32(4)12-20-36)40(62-42)24-58-34-15-7-30(2)8-16-34/h5-20,25-28,37-42H,21-24H2,1-4H3/t37-,38-,39+,40+,41+,42+/m0/s1. The van der Waals surface area contributed by atoms with Crippen molar-refractivity contribution in [1.29, 1.82) is 0 Å². The second-order valence-corrected chi connectivity index (χ2v) is 16.0. The summed E-state index contributed by atoms with van der Waals surface area (Å²) in [5.41, 5.74) is 7.96. The van der Waals surface area contributed by atoms with Crippen molar-refractivity contribution in [3.63, 3.8) is 0 Å². The number of aryl methyl sites for hydroxylation is 4. The summed E-state index contributed by atoms with van der Waals surface area (Å²) < 4.78 is 42.7. The van der Waals surface area contributed by atoms with Crippen LogP contribution in [0.2, 0.25) is 0 Å². The van der Waals surface area contributed by atoms with Gasteiger partial charge in [0.15, 0.2) is 11.3 Å². The van der Waals surface area contributed by atoms with Crippen LogP contribution in [0.25, 0.3) is 33.7 Å². The van der Waals surface area contributed by atoms with Crippen molar-refractivity contribution >= 4 is 22.3 Å². The summed E-state index contributed by atoms with van der Waals surface area (Å²) in [4.78, 5) is 28.4. The van der Waals surface area contributed by atoms with E-state index in [1.165, 1.54) is 12.7 Å². The second-order valence-electron chi connectivity index (χ2n) is 16.0. The molecule has 0 unspecified atom stereocenters. The Morgan fingerprint density at radius 2 is 0.823 bits per heavy atom. The van der Waals surface area contributed by atoms with E-state index in [9.17, 15) is 0 Å². The quantitative estimate of drug-likeness (QED) is 0.110. The van der Waals surface area contributed by atoms with Gasteiger partial charge in [0, 0.05) is 12.8 Å². The molecule has 10 rings (SSSR count). The molecule has 0 amide bonds. The van der Waals surface area contributed by atoms with E-state index < -0.39 is 12.5 Å². The number of ether oxygens (including phenoxy) is 6. The number of aromatic nitrogens is 8. The molecular formula is C48H46N8O6. The zero-order valence-corrected chi connectivity index (χ0v) is 34.9. The molecule has 14 heteroatoms. The van der Waals surface area contributed by atoms with Gasteiger partial charge in [0.25, 0.3) is 0 Å². The molecule has 6 heterocycles. The first-order valence-electron chi connectivity index (χ1n) is 20.8. The molecule has 6 atom stereocenters. The van der Waals surface area contributed by atoms with E-state index in [-0.39, 0.29) is 24.4 Å². The summed E-state index contributed by atoms with van der Waals surface area (Å²) in [5.74, 6) is 3.06. The van der Waals surface area contributed by atoms with Crippen LogP contribution in [0.3, 0.4) is 0 Å². The SMILES string of the molecule is Cc1ccc(OC[C@H]2O[C@@H](n3cnc4c(-c5ncnc6c5ncn6[C@H]5C[C@H](Oc6ccc(C)cc6)[C@@H](COc6ccc(C)cc6)O5)ncnc43)C[C@@H]2Oc2ccc(C)cc2)cc1. The van der Waals surface area contributed by atoms with Crippen LogP contribution in [-0.2, 0) is 9.47 Å². The molecule has 8 aromatic rings. The van der Waals surface area contributed by atoms with E-state index in [1.807, 2.05) is 120 Å². The number of nitrogens with zero attached hydrogens (tertiary/aromatic N) is 8. The first-order chi connectivity index (χ1) is 30.3. The van der Waals surface area contributed by atoms with E-state index in [4.69, 9.17) is 48.4 Å². The summed E-state index contributed by atoms with van der Waals surface area (Å²) in [6.45, 7) is 8.80. The van der Waals surface area contributed by atoms with Crippen LogP contribution in [0.4, 0.5) is 0 Å². The van der Waals surface area contributed by atoms with Crippen molar-refractivity contribution < 1.29 is 28.4 Å². The number of benzene rings is 4. The molecule has 4 aromatic carbocycles. The topological polar surface area (TPSA) is 143 Å². The minimum absolute atomic E-state index is 0.300. The highest BCUT2D eigenvalue weighted by atomic mass is 16.6. The lowest BCUT2D eigenvalue weighted by molar-refractivity contribution is -0.0341. The molecule has 0 radical (unpaired) electrons. The molecule has 314 valence electrons. The predicted molar refractivity (Wildman–Crippen MR) is 231 cm³/mol. The summed E-state index contributed by atoms with van der Waals surface area (Å²) in [6.07, 6.45) is 5.34. The van der Waals surface area contributed by atoms with E-state index in [2.05, 4.69) is 23.8 Å². The molecule has 0 bridgehead atoms. The van der Waals surface area contributed by atoms with Gasteiger partial charge in [-0.15, -0.1) is 0 Å². The molecule has 0 aliphatic carbocycles. The maximum atomic E-state index is 6.69. The molecule has 0 saturated carbocycles. The minimum atomic E-state index is -0.438. The van der Waals surface area contributed by atoms with Crippen LogP contribution >= 0.6 is 0 Å². The Hall–Kier alpha value is -6.90. The molecule has 2 fully saturated rings. The van der Waals surface area contributed by atoms with Crippen LogP contribution in [0.15, 0.2) is 122 Å². The van der Waals surface area contributed by atoms with Crippen LogP contribution < -0.4 is 18.9 Å². The summed E-state index contributed by atoms with van der Waals surface area (Å²) in [6, 6.07) is 32.0. The van der Waals surface area contributed by atoms with Gasteiger partial charge in [0.2, 0.25) is 0 Å². The fourth-order valence-electron chi connectivity index (χ4n) is 7.97. The van der Waals surface area contributed by atoms with Gasteiger partial charge >= 0.3 is 0 Å². The number of imidazole rings is 2.